The molecule has 0 atom stereocenters. The predicted octanol–water partition coefficient (Wildman–Crippen LogP) is 2.02. The maximum atomic E-state index is 12.8. The monoisotopic (exact) mass is 365 g/mol. The third-order valence-corrected chi connectivity index (χ3v) is 5.34. The molecule has 3 aromatic rings. The summed E-state index contributed by atoms with van der Waals surface area (Å²) in [5, 5.41) is 0.680. The largest absolute Gasteiger partial charge is 0.495 e. The molecular weight excluding hydrogens is 340 g/mol. The molecule has 2 heterocycles. The van der Waals surface area contributed by atoms with Crippen LogP contribution in [0.3, 0.4) is 0 Å². The van der Waals surface area contributed by atoms with E-state index >= 15 is 0 Å². The zero-order chi connectivity index (χ0) is 18.8. The fourth-order valence-corrected chi connectivity index (χ4v) is 3.81. The minimum atomic E-state index is 0.0969. The summed E-state index contributed by atoms with van der Waals surface area (Å²) in [5.41, 5.74) is 3.73. The quantitative estimate of drug-likeness (QED) is 0.768. The van der Waals surface area contributed by atoms with E-state index in [1.807, 2.05) is 43.3 Å². The molecule has 5 nitrogen and oxygen atoms in total. The van der Waals surface area contributed by atoms with Crippen molar-refractivity contribution in [3.05, 3.63) is 70.1 Å². The summed E-state index contributed by atoms with van der Waals surface area (Å²) < 4.78 is 11.2. The number of fused-ring (bicyclic) bond motifs is 1. The van der Waals surface area contributed by atoms with Gasteiger partial charge in [0.15, 0.2) is 0 Å². The van der Waals surface area contributed by atoms with E-state index in [4.69, 9.17) is 9.15 Å². The zero-order valence-electron chi connectivity index (χ0n) is 15.8. The Kier molecular flexibility index (Phi) is 4.86. The summed E-state index contributed by atoms with van der Waals surface area (Å²) in [6.45, 7) is 6.52. The second-order valence-corrected chi connectivity index (χ2v) is 7.18. The number of nitrogens with zero attached hydrogens (tertiary/aromatic N) is 1. The standard InChI is InChI=1S/C22H24N2O3/c1-16-7-8-20-18(13-16)22(25)17(15-27-20)14-23-9-11-24(12-10-23)19-5-3-4-6-21(19)26-2/h3-8,13,15H,9-12,14H2,1-2H3/p+1. The molecule has 2 aromatic carbocycles. The predicted molar refractivity (Wildman–Crippen MR) is 107 cm³/mol. The molecule has 0 saturated carbocycles. The third-order valence-electron chi connectivity index (χ3n) is 5.34. The van der Waals surface area contributed by atoms with Gasteiger partial charge in [-0.2, -0.15) is 0 Å². The average molecular weight is 365 g/mol. The minimum Gasteiger partial charge on any atom is -0.495 e. The second-order valence-electron chi connectivity index (χ2n) is 7.18. The Bertz CT molecular complexity index is 1000. The zero-order valence-corrected chi connectivity index (χ0v) is 15.8. The van der Waals surface area contributed by atoms with Crippen LogP contribution in [0.1, 0.15) is 11.1 Å². The molecule has 1 aliphatic rings. The highest BCUT2D eigenvalue weighted by atomic mass is 16.5. The van der Waals surface area contributed by atoms with Crippen LogP contribution in [0.5, 0.6) is 5.75 Å². The van der Waals surface area contributed by atoms with E-state index in [0.717, 1.165) is 48.7 Å². The lowest BCUT2D eigenvalue weighted by molar-refractivity contribution is -0.914. The van der Waals surface area contributed by atoms with Gasteiger partial charge < -0.3 is 19.0 Å². The van der Waals surface area contributed by atoms with Crippen LogP contribution in [0.2, 0.25) is 0 Å². The molecule has 1 aromatic heterocycles. The molecule has 1 fully saturated rings. The van der Waals surface area contributed by atoms with Crippen molar-refractivity contribution in [2.24, 2.45) is 0 Å². The number of methoxy groups -OCH3 is 1. The maximum Gasteiger partial charge on any atom is 0.201 e. The van der Waals surface area contributed by atoms with Crippen molar-refractivity contribution < 1.29 is 14.1 Å². The molecule has 5 heteroatoms. The molecule has 140 valence electrons. The molecule has 1 saturated heterocycles. The van der Waals surface area contributed by atoms with Gasteiger partial charge in [0, 0.05) is 0 Å². The molecule has 0 radical (unpaired) electrons. The van der Waals surface area contributed by atoms with Crippen LogP contribution in [-0.4, -0.2) is 33.3 Å². The number of hydrogen-bond donors (Lipinski definition) is 1. The van der Waals surface area contributed by atoms with E-state index in [1.165, 1.54) is 4.90 Å². The van der Waals surface area contributed by atoms with Gasteiger partial charge in [-0.15, -0.1) is 0 Å². The Morgan fingerprint density at radius 1 is 1.15 bits per heavy atom. The first-order valence-electron chi connectivity index (χ1n) is 9.38. The third kappa shape index (κ3) is 3.55. The Morgan fingerprint density at radius 2 is 1.93 bits per heavy atom. The van der Waals surface area contributed by atoms with Crippen molar-refractivity contribution in [2.75, 3.05) is 38.2 Å². The molecule has 1 aliphatic heterocycles. The van der Waals surface area contributed by atoms with E-state index < -0.39 is 0 Å². The number of para-hydroxylation sites is 2. The molecule has 4 rings (SSSR count). The first kappa shape index (κ1) is 17.6. The lowest BCUT2D eigenvalue weighted by atomic mass is 10.1. The minimum absolute atomic E-state index is 0.0969. The van der Waals surface area contributed by atoms with Crippen molar-refractivity contribution in [3.8, 4) is 5.75 Å². The smallest absolute Gasteiger partial charge is 0.201 e. The molecule has 0 amide bonds. The molecule has 0 spiro atoms. The van der Waals surface area contributed by atoms with Crippen LogP contribution in [0.25, 0.3) is 11.0 Å². The van der Waals surface area contributed by atoms with Crippen LogP contribution < -0.4 is 20.0 Å². The van der Waals surface area contributed by atoms with Gasteiger partial charge >= 0.3 is 0 Å². The first-order chi connectivity index (χ1) is 13.2. The van der Waals surface area contributed by atoms with Crippen LogP contribution in [0, 0.1) is 6.92 Å². The summed E-state index contributed by atoms with van der Waals surface area (Å²) in [5.74, 6) is 0.909. The maximum absolute atomic E-state index is 12.8. The Balaban J connectivity index is 1.47. The molecule has 0 aliphatic carbocycles. The van der Waals surface area contributed by atoms with Crippen molar-refractivity contribution >= 4 is 16.7 Å². The summed E-state index contributed by atoms with van der Waals surface area (Å²) in [4.78, 5) is 16.6. The first-order valence-corrected chi connectivity index (χ1v) is 9.38. The van der Waals surface area contributed by atoms with Gasteiger partial charge in [-0.05, 0) is 31.2 Å². The Morgan fingerprint density at radius 3 is 2.70 bits per heavy atom. The Hall–Kier alpha value is -2.79. The lowest BCUT2D eigenvalue weighted by Gasteiger charge is -2.34. The number of benzene rings is 2. The topological polar surface area (TPSA) is 47.1 Å². The van der Waals surface area contributed by atoms with Gasteiger partial charge in [-0.3, -0.25) is 4.79 Å². The average Bonchev–Trinajstić information content (AvgIpc) is 2.71. The normalized spacial score (nSPS) is 15.3. The number of hydrogen-bond acceptors (Lipinski definition) is 4. The van der Waals surface area contributed by atoms with Gasteiger partial charge in [-0.25, -0.2) is 0 Å². The number of ether oxygens (including phenoxy) is 1. The van der Waals surface area contributed by atoms with Crippen LogP contribution in [-0.2, 0) is 6.54 Å². The number of rotatable bonds is 4. The number of quaternary nitrogens is 1. The molecule has 0 bridgehead atoms. The number of anilines is 1. The van der Waals surface area contributed by atoms with Crippen molar-refractivity contribution in [2.45, 2.75) is 13.5 Å². The lowest BCUT2D eigenvalue weighted by Crippen LogP contribution is -3.13. The number of piperazine rings is 1. The van der Waals surface area contributed by atoms with Crippen LogP contribution >= 0.6 is 0 Å². The number of nitrogens with one attached hydrogen (secondary N) is 1. The fourth-order valence-electron chi connectivity index (χ4n) is 3.81. The van der Waals surface area contributed by atoms with E-state index in [-0.39, 0.29) is 5.43 Å². The molecule has 0 unspecified atom stereocenters. The fraction of sp³-hybridized carbons (Fsp3) is 0.318. The SMILES string of the molecule is COc1ccccc1N1CC[NH+](Cc2coc3ccc(C)cc3c2=O)CC1. The molecule has 27 heavy (non-hydrogen) atoms. The van der Waals surface area contributed by atoms with Crippen molar-refractivity contribution in [3.63, 3.8) is 0 Å². The van der Waals surface area contributed by atoms with Gasteiger partial charge in [0.05, 0.1) is 49.9 Å². The van der Waals surface area contributed by atoms with E-state index in [2.05, 4.69) is 11.0 Å². The molecule has 1 N–H and O–H groups in total. The second kappa shape index (κ2) is 7.45. The summed E-state index contributed by atoms with van der Waals surface area (Å²) in [7, 11) is 1.71. The highest BCUT2D eigenvalue weighted by molar-refractivity contribution is 5.77. The Labute approximate surface area is 158 Å². The summed E-state index contributed by atoms with van der Waals surface area (Å²) >= 11 is 0. The van der Waals surface area contributed by atoms with E-state index in [1.54, 1.807) is 13.4 Å². The van der Waals surface area contributed by atoms with Crippen molar-refractivity contribution in [1.29, 1.82) is 0 Å². The highest BCUT2D eigenvalue weighted by Gasteiger charge is 2.23. The van der Waals surface area contributed by atoms with Gasteiger partial charge in [-0.1, -0.05) is 23.8 Å². The van der Waals surface area contributed by atoms with Gasteiger partial charge in [0.1, 0.15) is 24.1 Å². The van der Waals surface area contributed by atoms with E-state index in [0.29, 0.717) is 17.5 Å². The van der Waals surface area contributed by atoms with Crippen LogP contribution in [0.15, 0.2) is 57.9 Å². The molecular formula is C22H25N2O3+. The van der Waals surface area contributed by atoms with Crippen LogP contribution in [0.4, 0.5) is 5.69 Å². The van der Waals surface area contributed by atoms with Crippen molar-refractivity contribution in [1.82, 2.24) is 0 Å². The van der Waals surface area contributed by atoms with Gasteiger partial charge in [0.2, 0.25) is 5.43 Å². The summed E-state index contributed by atoms with van der Waals surface area (Å²) in [6, 6.07) is 13.9. The summed E-state index contributed by atoms with van der Waals surface area (Å²) in [6.07, 6.45) is 1.64. The van der Waals surface area contributed by atoms with Gasteiger partial charge in [0.25, 0.3) is 0 Å². The van der Waals surface area contributed by atoms with E-state index in [9.17, 15) is 4.79 Å². The highest BCUT2D eigenvalue weighted by Crippen LogP contribution is 2.27. The number of aryl methyl sites for hydroxylation is 1.